The van der Waals surface area contributed by atoms with E-state index in [4.69, 9.17) is 11.6 Å². The van der Waals surface area contributed by atoms with Crippen LogP contribution in [0.5, 0.6) is 0 Å². The number of carbonyl (C=O) groups excluding carboxylic acids is 1. The van der Waals surface area contributed by atoms with Crippen molar-refractivity contribution < 1.29 is 14.7 Å². The standard InChI is InChI=1S/C18H17ClN2O3/c1-11-9-21(10-14(11)18(23)24)17(22)13-8-12(5-6-15(13)19)16-4-2-3-7-20-16/h2-8,11,14H,9-10H2,1H3,(H,23,24)/t11-,14-/m1/s1. The van der Waals surface area contributed by atoms with E-state index in [2.05, 4.69) is 4.98 Å². The molecule has 1 aromatic carbocycles. The second-order valence-corrected chi connectivity index (χ2v) is 6.45. The Morgan fingerprint density at radius 1 is 1.25 bits per heavy atom. The molecule has 0 spiro atoms. The average Bonchev–Trinajstić information content (AvgIpc) is 2.97. The number of carbonyl (C=O) groups is 2. The van der Waals surface area contributed by atoms with Gasteiger partial charge in [-0.3, -0.25) is 14.6 Å². The predicted molar refractivity (Wildman–Crippen MR) is 90.9 cm³/mol. The summed E-state index contributed by atoms with van der Waals surface area (Å²) in [6.45, 7) is 2.47. The first-order chi connectivity index (χ1) is 11.5. The maximum atomic E-state index is 12.8. The number of carboxylic acids is 1. The Morgan fingerprint density at radius 2 is 2.04 bits per heavy atom. The Balaban J connectivity index is 1.89. The third-order valence-electron chi connectivity index (χ3n) is 4.37. The lowest BCUT2D eigenvalue weighted by atomic mass is 9.99. The number of hydrogen-bond donors (Lipinski definition) is 1. The first kappa shape index (κ1) is 16.5. The van der Waals surface area contributed by atoms with E-state index in [1.165, 1.54) is 0 Å². The van der Waals surface area contributed by atoms with Crippen LogP contribution in [-0.4, -0.2) is 40.0 Å². The topological polar surface area (TPSA) is 70.5 Å². The summed E-state index contributed by atoms with van der Waals surface area (Å²) in [4.78, 5) is 29.9. The number of likely N-dealkylation sites (tertiary alicyclic amines) is 1. The molecule has 0 aliphatic carbocycles. The summed E-state index contributed by atoms with van der Waals surface area (Å²) in [5.41, 5.74) is 1.92. The molecule has 0 bridgehead atoms. The number of nitrogens with zero attached hydrogens (tertiary/aromatic N) is 2. The van der Waals surface area contributed by atoms with Gasteiger partial charge in [-0.1, -0.05) is 30.7 Å². The molecule has 1 fully saturated rings. The van der Waals surface area contributed by atoms with Gasteiger partial charge in [0.25, 0.3) is 5.91 Å². The number of benzene rings is 1. The Morgan fingerprint density at radius 3 is 2.67 bits per heavy atom. The van der Waals surface area contributed by atoms with Gasteiger partial charge in [0.1, 0.15) is 0 Å². The highest BCUT2D eigenvalue weighted by molar-refractivity contribution is 6.34. The van der Waals surface area contributed by atoms with E-state index < -0.39 is 11.9 Å². The summed E-state index contributed by atoms with van der Waals surface area (Å²) in [6, 6.07) is 10.8. The number of carboxylic acid groups (broad SMARTS) is 1. The van der Waals surface area contributed by atoms with Crippen molar-refractivity contribution in [3.63, 3.8) is 0 Å². The van der Waals surface area contributed by atoms with Gasteiger partial charge in [-0.25, -0.2) is 0 Å². The molecule has 6 heteroatoms. The minimum atomic E-state index is -0.869. The summed E-state index contributed by atoms with van der Waals surface area (Å²) in [5.74, 6) is -1.73. The van der Waals surface area contributed by atoms with Crippen LogP contribution in [0.15, 0.2) is 42.6 Å². The lowest BCUT2D eigenvalue weighted by Crippen LogP contribution is -2.30. The van der Waals surface area contributed by atoms with Crippen molar-refractivity contribution in [3.05, 3.63) is 53.2 Å². The third kappa shape index (κ3) is 3.12. The van der Waals surface area contributed by atoms with Crippen LogP contribution < -0.4 is 0 Å². The van der Waals surface area contributed by atoms with Gasteiger partial charge in [-0.2, -0.15) is 0 Å². The molecule has 3 rings (SSSR count). The van der Waals surface area contributed by atoms with Crippen molar-refractivity contribution in [2.45, 2.75) is 6.92 Å². The maximum absolute atomic E-state index is 12.8. The summed E-state index contributed by atoms with van der Waals surface area (Å²) in [7, 11) is 0. The summed E-state index contributed by atoms with van der Waals surface area (Å²) in [6.07, 6.45) is 1.69. The van der Waals surface area contributed by atoms with Crippen LogP contribution >= 0.6 is 11.6 Å². The van der Waals surface area contributed by atoms with Gasteiger partial charge < -0.3 is 10.0 Å². The smallest absolute Gasteiger partial charge is 0.308 e. The Bertz CT molecular complexity index is 779. The average molecular weight is 345 g/mol. The molecule has 2 heterocycles. The molecule has 1 aliphatic heterocycles. The second kappa shape index (κ2) is 6.61. The zero-order valence-corrected chi connectivity index (χ0v) is 13.9. The van der Waals surface area contributed by atoms with Crippen LogP contribution in [0.25, 0.3) is 11.3 Å². The van der Waals surface area contributed by atoms with Gasteiger partial charge in [0.2, 0.25) is 0 Å². The fraction of sp³-hybridized carbons (Fsp3) is 0.278. The largest absolute Gasteiger partial charge is 0.481 e. The second-order valence-electron chi connectivity index (χ2n) is 6.04. The molecule has 0 unspecified atom stereocenters. The predicted octanol–water partition coefficient (Wildman–Crippen LogP) is 3.19. The molecule has 0 radical (unpaired) electrons. The molecule has 24 heavy (non-hydrogen) atoms. The first-order valence-corrected chi connectivity index (χ1v) is 8.08. The van der Waals surface area contributed by atoms with Crippen LogP contribution in [0.4, 0.5) is 0 Å². The normalized spacial score (nSPS) is 20.2. The van der Waals surface area contributed by atoms with Crippen molar-refractivity contribution in [1.29, 1.82) is 0 Å². The lowest BCUT2D eigenvalue weighted by Gasteiger charge is -2.17. The summed E-state index contributed by atoms with van der Waals surface area (Å²) < 4.78 is 0. The van der Waals surface area contributed by atoms with E-state index in [1.807, 2.05) is 31.2 Å². The third-order valence-corrected chi connectivity index (χ3v) is 4.70. The maximum Gasteiger partial charge on any atom is 0.308 e. The van der Waals surface area contributed by atoms with E-state index >= 15 is 0 Å². The fourth-order valence-electron chi connectivity index (χ4n) is 3.01. The quantitative estimate of drug-likeness (QED) is 0.928. The first-order valence-electron chi connectivity index (χ1n) is 7.70. The molecule has 5 nitrogen and oxygen atoms in total. The molecular weight excluding hydrogens is 328 g/mol. The Labute approximate surface area is 144 Å². The molecule has 2 atom stereocenters. The van der Waals surface area contributed by atoms with Gasteiger partial charge in [-0.15, -0.1) is 0 Å². The van der Waals surface area contributed by atoms with Crippen molar-refractivity contribution >= 4 is 23.5 Å². The molecule has 1 aromatic heterocycles. The van der Waals surface area contributed by atoms with Gasteiger partial charge in [0.15, 0.2) is 0 Å². The Hall–Kier alpha value is -2.40. The minimum absolute atomic E-state index is 0.0794. The molecule has 1 aliphatic rings. The zero-order chi connectivity index (χ0) is 17.3. The van der Waals surface area contributed by atoms with E-state index in [9.17, 15) is 14.7 Å². The van der Waals surface area contributed by atoms with E-state index in [-0.39, 0.29) is 18.4 Å². The number of halogens is 1. The van der Waals surface area contributed by atoms with Gasteiger partial charge in [0.05, 0.1) is 22.2 Å². The van der Waals surface area contributed by atoms with E-state index in [0.29, 0.717) is 17.1 Å². The molecule has 2 aromatic rings. The van der Waals surface area contributed by atoms with Crippen molar-refractivity contribution in [2.24, 2.45) is 11.8 Å². The molecule has 124 valence electrons. The number of hydrogen-bond acceptors (Lipinski definition) is 3. The van der Waals surface area contributed by atoms with Crippen LogP contribution in [0, 0.1) is 11.8 Å². The van der Waals surface area contributed by atoms with E-state index in [0.717, 1.165) is 11.3 Å². The van der Waals surface area contributed by atoms with Crippen molar-refractivity contribution in [2.75, 3.05) is 13.1 Å². The minimum Gasteiger partial charge on any atom is -0.481 e. The van der Waals surface area contributed by atoms with E-state index in [1.54, 1.807) is 23.2 Å². The van der Waals surface area contributed by atoms with Gasteiger partial charge in [-0.05, 0) is 30.2 Å². The number of amides is 1. The summed E-state index contributed by atoms with van der Waals surface area (Å²) >= 11 is 6.21. The highest BCUT2D eigenvalue weighted by atomic mass is 35.5. The highest BCUT2D eigenvalue weighted by Crippen LogP contribution is 2.29. The van der Waals surface area contributed by atoms with Crippen molar-refractivity contribution in [3.8, 4) is 11.3 Å². The number of aromatic nitrogens is 1. The monoisotopic (exact) mass is 344 g/mol. The molecule has 1 amide bonds. The Kier molecular flexibility index (Phi) is 4.53. The van der Waals surface area contributed by atoms with Crippen LogP contribution in [-0.2, 0) is 4.79 Å². The SMILES string of the molecule is C[C@@H]1CN(C(=O)c2cc(-c3ccccn3)ccc2Cl)C[C@H]1C(=O)O. The van der Waals surface area contributed by atoms with Gasteiger partial charge in [0, 0.05) is 24.8 Å². The molecular formula is C18H17ClN2O3. The summed E-state index contributed by atoms with van der Waals surface area (Å²) in [5, 5.41) is 9.58. The molecule has 0 saturated carbocycles. The van der Waals surface area contributed by atoms with Crippen LogP contribution in [0.2, 0.25) is 5.02 Å². The lowest BCUT2D eigenvalue weighted by molar-refractivity contribution is -0.142. The van der Waals surface area contributed by atoms with Crippen LogP contribution in [0.1, 0.15) is 17.3 Å². The number of pyridine rings is 1. The molecule has 1 saturated heterocycles. The molecule has 1 N–H and O–H groups in total. The number of rotatable bonds is 3. The van der Waals surface area contributed by atoms with Crippen LogP contribution in [0.3, 0.4) is 0 Å². The zero-order valence-electron chi connectivity index (χ0n) is 13.1. The van der Waals surface area contributed by atoms with Gasteiger partial charge >= 0.3 is 5.97 Å². The highest BCUT2D eigenvalue weighted by Gasteiger charge is 2.37. The number of aliphatic carboxylic acids is 1. The fourth-order valence-corrected chi connectivity index (χ4v) is 3.20. The van der Waals surface area contributed by atoms with Crippen molar-refractivity contribution in [1.82, 2.24) is 9.88 Å².